The molecule has 0 aliphatic heterocycles. The van der Waals surface area contributed by atoms with Crippen molar-refractivity contribution in [3.05, 3.63) is 0 Å². The van der Waals surface area contributed by atoms with Crippen LogP contribution < -0.4 is 0 Å². The van der Waals surface area contributed by atoms with E-state index in [-0.39, 0.29) is 0 Å². The van der Waals surface area contributed by atoms with Gasteiger partial charge in [-0.3, -0.25) is 0 Å². The molecular weight excluding hydrogens is 168 g/mol. The van der Waals surface area contributed by atoms with Crippen LogP contribution in [-0.2, 0) is 0 Å². The van der Waals surface area contributed by atoms with Crippen molar-refractivity contribution >= 4 is 0 Å². The molecule has 84 valence electrons. The average molecular weight is 196 g/mol. The normalized spacial score (nSPS) is 40.5. The van der Waals surface area contributed by atoms with Crippen LogP contribution in [0.1, 0.15) is 62.3 Å². The number of hydrogen-bond acceptors (Lipinski definition) is 0. The Kier molecular flexibility index (Phi) is 2.21. The van der Waals surface area contributed by atoms with E-state index < -0.39 is 0 Å². The van der Waals surface area contributed by atoms with Gasteiger partial charge >= 0.3 is 0 Å². The van der Waals surface area contributed by atoms with Gasteiger partial charge in [0.25, 0.3) is 0 Å². The molecule has 0 amide bonds. The Labute approximate surface area is 90.5 Å². The molecule has 0 aromatic heterocycles. The Morgan fingerprint density at radius 1 is 0.786 bits per heavy atom. The molecule has 14 heavy (non-hydrogen) atoms. The van der Waals surface area contributed by atoms with E-state index in [1.54, 1.807) is 0 Å². The second kappa shape index (κ2) is 2.57. The van der Waals surface area contributed by atoms with E-state index in [0.717, 1.165) is 5.92 Å². The molecule has 0 spiro atoms. The van der Waals surface area contributed by atoms with Crippen LogP contribution in [-0.4, -0.2) is 0 Å². The third-order valence-corrected chi connectivity index (χ3v) is 6.24. The molecule has 0 atom stereocenters. The lowest BCUT2D eigenvalue weighted by Gasteiger charge is -2.76. The van der Waals surface area contributed by atoms with Gasteiger partial charge in [-0.15, -0.1) is 0 Å². The van der Waals surface area contributed by atoms with Crippen LogP contribution >= 0.6 is 0 Å². The van der Waals surface area contributed by atoms with E-state index in [1.165, 1.54) is 0 Å². The Morgan fingerprint density at radius 3 is 1.21 bits per heavy atom. The first-order valence-electron chi connectivity index (χ1n) is 5.90. The molecule has 0 heteroatoms. The fraction of sp³-hybridized carbons (Fsp3) is 1.00. The smallest absolute Gasteiger partial charge is 0.0169 e. The minimum Gasteiger partial charge on any atom is -0.0614 e. The van der Waals surface area contributed by atoms with E-state index in [0.29, 0.717) is 21.7 Å². The van der Waals surface area contributed by atoms with Gasteiger partial charge in [0, 0.05) is 0 Å². The molecule has 0 radical (unpaired) electrons. The molecule has 0 unspecified atom stereocenters. The van der Waals surface area contributed by atoms with Gasteiger partial charge in [0.05, 0.1) is 0 Å². The summed E-state index contributed by atoms with van der Waals surface area (Å²) in [5, 5.41) is 0. The lowest BCUT2D eigenvalue weighted by molar-refractivity contribution is -0.279. The summed E-state index contributed by atoms with van der Waals surface area (Å²) in [5.41, 5.74) is 1.71. The van der Waals surface area contributed by atoms with E-state index in [1.807, 2.05) is 0 Å². The summed E-state index contributed by atoms with van der Waals surface area (Å²) < 4.78 is 0. The van der Waals surface area contributed by atoms with Crippen molar-refractivity contribution in [2.45, 2.75) is 62.3 Å². The van der Waals surface area contributed by atoms with Gasteiger partial charge < -0.3 is 0 Å². The summed E-state index contributed by atoms with van der Waals surface area (Å²) in [4.78, 5) is 0. The van der Waals surface area contributed by atoms with Gasteiger partial charge in [0.2, 0.25) is 0 Å². The fourth-order valence-corrected chi connectivity index (χ4v) is 4.45. The second-order valence-corrected chi connectivity index (χ2v) is 7.54. The summed E-state index contributed by atoms with van der Waals surface area (Å²) in [7, 11) is 0. The first-order chi connectivity index (χ1) is 5.90. The summed E-state index contributed by atoms with van der Waals surface area (Å²) in [6.07, 6.45) is 0. The van der Waals surface area contributed by atoms with Crippen molar-refractivity contribution in [1.82, 2.24) is 0 Å². The molecule has 0 heterocycles. The minimum atomic E-state index is 0.381. The maximum absolute atomic E-state index is 2.48. The number of hydrogen-bond donors (Lipinski definition) is 0. The third-order valence-electron chi connectivity index (χ3n) is 6.24. The monoisotopic (exact) mass is 196 g/mol. The Morgan fingerprint density at radius 2 is 1.07 bits per heavy atom. The highest BCUT2D eigenvalue weighted by atomic mass is 14.7. The van der Waals surface area contributed by atoms with Crippen LogP contribution in [0.3, 0.4) is 0 Å². The van der Waals surface area contributed by atoms with Crippen LogP contribution in [0, 0.1) is 27.6 Å². The zero-order valence-corrected chi connectivity index (χ0v) is 11.6. The molecule has 1 aliphatic rings. The highest BCUT2D eigenvalue weighted by Crippen LogP contribution is 2.76. The number of rotatable bonds is 0. The van der Waals surface area contributed by atoms with Crippen molar-refractivity contribution in [3.8, 4) is 0 Å². The fourth-order valence-electron chi connectivity index (χ4n) is 4.45. The SMILES string of the molecule is CC1C(C)(C)C(C)(C(C)(C)C)C1(C)C. The van der Waals surface area contributed by atoms with Crippen LogP contribution in [0.2, 0.25) is 0 Å². The van der Waals surface area contributed by atoms with Crippen molar-refractivity contribution in [1.29, 1.82) is 0 Å². The van der Waals surface area contributed by atoms with Crippen molar-refractivity contribution in [2.24, 2.45) is 27.6 Å². The molecule has 0 aromatic rings. The molecule has 1 saturated carbocycles. The van der Waals surface area contributed by atoms with Crippen LogP contribution in [0.5, 0.6) is 0 Å². The molecule has 1 fully saturated rings. The molecule has 1 rings (SSSR count). The lowest BCUT2D eigenvalue weighted by atomic mass is 9.29. The predicted molar refractivity (Wildman–Crippen MR) is 64.3 cm³/mol. The molecule has 0 saturated heterocycles. The maximum atomic E-state index is 2.48. The Bertz CT molecular complexity index is 221. The Hall–Kier alpha value is 0. The summed E-state index contributed by atoms with van der Waals surface area (Å²) in [5.74, 6) is 0.805. The van der Waals surface area contributed by atoms with E-state index in [4.69, 9.17) is 0 Å². The molecular formula is C14H28. The molecule has 0 N–H and O–H groups in total. The summed E-state index contributed by atoms with van der Waals surface area (Å²) >= 11 is 0. The van der Waals surface area contributed by atoms with Crippen molar-refractivity contribution < 1.29 is 0 Å². The highest BCUT2D eigenvalue weighted by molar-refractivity contribution is 5.18. The van der Waals surface area contributed by atoms with Gasteiger partial charge in [0.15, 0.2) is 0 Å². The minimum absolute atomic E-state index is 0.381. The topological polar surface area (TPSA) is 0 Å². The van der Waals surface area contributed by atoms with Gasteiger partial charge in [0.1, 0.15) is 0 Å². The highest BCUT2D eigenvalue weighted by Gasteiger charge is 2.70. The lowest BCUT2D eigenvalue weighted by Crippen LogP contribution is -2.70. The van der Waals surface area contributed by atoms with Crippen LogP contribution in [0.15, 0.2) is 0 Å². The van der Waals surface area contributed by atoms with E-state index in [9.17, 15) is 0 Å². The van der Waals surface area contributed by atoms with Gasteiger partial charge in [-0.1, -0.05) is 62.3 Å². The van der Waals surface area contributed by atoms with Crippen molar-refractivity contribution in [2.75, 3.05) is 0 Å². The van der Waals surface area contributed by atoms with Crippen LogP contribution in [0.4, 0.5) is 0 Å². The van der Waals surface area contributed by atoms with Gasteiger partial charge in [-0.25, -0.2) is 0 Å². The predicted octanol–water partition coefficient (Wildman–Crippen LogP) is 4.74. The molecule has 1 aliphatic carbocycles. The third kappa shape index (κ3) is 0.955. The zero-order valence-electron chi connectivity index (χ0n) is 11.6. The first kappa shape index (κ1) is 12.1. The van der Waals surface area contributed by atoms with Crippen LogP contribution in [0.25, 0.3) is 0 Å². The standard InChI is InChI=1S/C14H28/c1-10-12(5,6)14(9,11(2,3)4)13(10,7)8/h10H,1-9H3. The van der Waals surface area contributed by atoms with E-state index in [2.05, 4.69) is 62.3 Å². The zero-order chi connectivity index (χ0) is 11.6. The first-order valence-corrected chi connectivity index (χ1v) is 5.90. The summed E-state index contributed by atoms with van der Waals surface area (Å²) in [6.45, 7) is 21.8. The maximum Gasteiger partial charge on any atom is -0.0169 e. The van der Waals surface area contributed by atoms with Gasteiger partial charge in [-0.05, 0) is 27.6 Å². The van der Waals surface area contributed by atoms with Gasteiger partial charge in [-0.2, -0.15) is 0 Å². The van der Waals surface area contributed by atoms with Crippen molar-refractivity contribution in [3.63, 3.8) is 0 Å². The molecule has 0 bridgehead atoms. The average Bonchev–Trinajstić information content (AvgIpc) is 1.98. The Balaban J connectivity index is 3.23. The largest absolute Gasteiger partial charge is 0.0614 e. The van der Waals surface area contributed by atoms with E-state index >= 15 is 0 Å². The quantitative estimate of drug-likeness (QED) is 0.525. The molecule has 0 nitrogen and oxygen atoms in total. The molecule has 0 aromatic carbocycles. The summed E-state index contributed by atoms with van der Waals surface area (Å²) in [6, 6.07) is 0. The second-order valence-electron chi connectivity index (χ2n) is 7.54.